The first-order valence-corrected chi connectivity index (χ1v) is 11.1. The van der Waals surface area contributed by atoms with Gasteiger partial charge in [-0.15, -0.1) is 34.2 Å². The summed E-state index contributed by atoms with van der Waals surface area (Å²) in [6.07, 6.45) is 2.52. The minimum Gasteiger partial charge on any atom is -0.356 e. The van der Waals surface area contributed by atoms with Crippen LogP contribution in [0.25, 0.3) is 0 Å². The molecule has 7 nitrogen and oxygen atoms in total. The summed E-state index contributed by atoms with van der Waals surface area (Å²) in [6, 6.07) is 11.2. The summed E-state index contributed by atoms with van der Waals surface area (Å²) in [5.41, 5.74) is 1.31. The second-order valence-corrected chi connectivity index (χ2v) is 8.80. The molecule has 1 saturated heterocycles. The number of benzene rings is 1. The minimum atomic E-state index is -0.00606. The Kier molecular flexibility index (Phi) is 9.74. The number of hydrogen-bond donors (Lipinski definition) is 2. The second-order valence-electron chi connectivity index (χ2n) is 8.80. The number of likely N-dealkylation sites (N-methyl/N-ethyl adjacent to an activating group) is 1. The molecule has 2 heterocycles. The highest BCUT2D eigenvalue weighted by molar-refractivity contribution is 14.0. The quantitative estimate of drug-likeness (QED) is 0.306. The number of rotatable bonds is 8. The van der Waals surface area contributed by atoms with Gasteiger partial charge >= 0.3 is 0 Å². The van der Waals surface area contributed by atoms with Crippen LogP contribution >= 0.6 is 24.0 Å². The summed E-state index contributed by atoms with van der Waals surface area (Å²) in [5.74, 6) is 2.60. The van der Waals surface area contributed by atoms with Gasteiger partial charge in [-0.05, 0) is 38.4 Å². The number of nitrogens with zero attached hydrogens (tertiary/aromatic N) is 5. The van der Waals surface area contributed by atoms with E-state index in [9.17, 15) is 0 Å². The maximum Gasteiger partial charge on any atom is 0.191 e. The summed E-state index contributed by atoms with van der Waals surface area (Å²) in [4.78, 5) is 7.38. The zero-order valence-corrected chi connectivity index (χ0v) is 21.9. The van der Waals surface area contributed by atoms with Crippen molar-refractivity contribution in [1.29, 1.82) is 0 Å². The summed E-state index contributed by atoms with van der Waals surface area (Å²) in [7, 11) is 1.98. The molecular formula is C23H38IN7. The van der Waals surface area contributed by atoms with Crippen molar-refractivity contribution in [3.05, 3.63) is 47.5 Å². The van der Waals surface area contributed by atoms with E-state index >= 15 is 0 Å². The molecule has 1 aromatic heterocycles. The van der Waals surface area contributed by atoms with E-state index in [1.807, 2.05) is 18.5 Å². The van der Waals surface area contributed by atoms with Crippen molar-refractivity contribution in [3.8, 4) is 0 Å². The van der Waals surface area contributed by atoms with Gasteiger partial charge in [0.05, 0.1) is 0 Å². The van der Waals surface area contributed by atoms with Crippen LogP contribution in [0.3, 0.4) is 0 Å². The molecule has 2 aromatic rings. The van der Waals surface area contributed by atoms with Gasteiger partial charge in [0.2, 0.25) is 0 Å². The topological polar surface area (TPSA) is 70.4 Å². The van der Waals surface area contributed by atoms with Crippen molar-refractivity contribution >= 4 is 29.9 Å². The molecule has 0 radical (unpaired) electrons. The van der Waals surface area contributed by atoms with Gasteiger partial charge in [0.25, 0.3) is 0 Å². The van der Waals surface area contributed by atoms with E-state index in [1.165, 1.54) is 24.9 Å². The number of nitrogens with one attached hydrogen (secondary N) is 2. The van der Waals surface area contributed by atoms with Crippen molar-refractivity contribution in [2.45, 2.75) is 58.5 Å². The Bertz CT molecular complexity index is 832. The fourth-order valence-corrected chi connectivity index (χ4v) is 3.97. The highest BCUT2D eigenvalue weighted by atomic mass is 127. The van der Waals surface area contributed by atoms with Crippen molar-refractivity contribution < 1.29 is 0 Å². The lowest BCUT2D eigenvalue weighted by Gasteiger charge is -2.28. The molecule has 0 amide bonds. The molecule has 172 valence electrons. The zero-order valence-electron chi connectivity index (χ0n) is 19.6. The molecule has 0 spiro atoms. The van der Waals surface area contributed by atoms with Crippen LogP contribution in [0.4, 0.5) is 0 Å². The predicted octanol–water partition coefficient (Wildman–Crippen LogP) is 3.24. The van der Waals surface area contributed by atoms with Crippen LogP contribution in [0.2, 0.25) is 0 Å². The Labute approximate surface area is 204 Å². The Morgan fingerprint density at radius 2 is 1.94 bits per heavy atom. The molecule has 1 aliphatic heterocycles. The smallest absolute Gasteiger partial charge is 0.191 e. The lowest BCUT2D eigenvalue weighted by atomic mass is 9.85. The molecule has 1 atom stereocenters. The van der Waals surface area contributed by atoms with Crippen LogP contribution in [0.5, 0.6) is 0 Å². The molecule has 1 unspecified atom stereocenters. The Morgan fingerprint density at radius 3 is 2.58 bits per heavy atom. The first kappa shape index (κ1) is 25.6. The van der Waals surface area contributed by atoms with Gasteiger partial charge in [-0.3, -0.25) is 4.90 Å². The highest BCUT2D eigenvalue weighted by Gasteiger charge is 2.24. The lowest BCUT2D eigenvalue weighted by Crippen LogP contribution is -2.47. The van der Waals surface area contributed by atoms with E-state index in [0.717, 1.165) is 37.2 Å². The van der Waals surface area contributed by atoms with E-state index in [-0.39, 0.29) is 29.4 Å². The normalized spacial score (nSPS) is 17.5. The summed E-state index contributed by atoms with van der Waals surface area (Å²) in [5, 5.41) is 15.6. The van der Waals surface area contributed by atoms with Crippen LogP contribution in [0.1, 0.15) is 50.8 Å². The third kappa shape index (κ3) is 6.90. The number of aryl methyl sites for hydroxylation is 1. The molecule has 31 heavy (non-hydrogen) atoms. The number of guanidine groups is 1. The van der Waals surface area contributed by atoms with E-state index in [2.05, 4.69) is 76.8 Å². The Balaban J connectivity index is 0.00000341. The average molecular weight is 540 g/mol. The third-order valence-electron chi connectivity index (χ3n) is 6.22. The first-order chi connectivity index (χ1) is 14.4. The second kappa shape index (κ2) is 11.8. The van der Waals surface area contributed by atoms with Gasteiger partial charge in [0.15, 0.2) is 11.8 Å². The fraction of sp³-hybridized carbons (Fsp3) is 0.609. The zero-order chi connectivity index (χ0) is 21.6. The van der Waals surface area contributed by atoms with E-state index in [4.69, 9.17) is 4.99 Å². The monoisotopic (exact) mass is 539 g/mol. The molecule has 1 aliphatic rings. The molecule has 8 heteroatoms. The van der Waals surface area contributed by atoms with Crippen molar-refractivity contribution in [1.82, 2.24) is 30.3 Å². The van der Waals surface area contributed by atoms with Crippen LogP contribution in [-0.2, 0) is 19.0 Å². The number of aromatic nitrogens is 3. The highest BCUT2D eigenvalue weighted by Crippen LogP contribution is 2.21. The van der Waals surface area contributed by atoms with Crippen LogP contribution in [-0.4, -0.2) is 57.8 Å². The predicted molar refractivity (Wildman–Crippen MR) is 138 cm³/mol. The number of halogens is 1. The SMILES string of the molecule is CCN1CCCC1CNC(=NCc1nnc(C)n1C)NCC(C)(C)c1ccccc1.I. The van der Waals surface area contributed by atoms with E-state index in [1.54, 1.807) is 0 Å². The van der Waals surface area contributed by atoms with Gasteiger partial charge in [-0.2, -0.15) is 0 Å². The average Bonchev–Trinajstić information content (AvgIpc) is 3.34. The molecule has 1 aromatic carbocycles. The standard InChI is InChI=1S/C23H37N7.HI/c1-6-30-14-10-13-20(30)15-24-22(25-16-21-28-27-18(2)29(21)5)26-17-23(3,4)19-11-8-7-9-12-19;/h7-9,11-12,20H,6,10,13-17H2,1-5H3,(H2,24,25,26);1H. The number of likely N-dealkylation sites (tertiary alicyclic amines) is 1. The maximum atomic E-state index is 4.83. The minimum absolute atomic E-state index is 0. The lowest BCUT2D eigenvalue weighted by molar-refractivity contribution is 0.267. The van der Waals surface area contributed by atoms with Gasteiger partial charge in [-0.25, -0.2) is 4.99 Å². The van der Waals surface area contributed by atoms with Crippen molar-refractivity contribution in [2.24, 2.45) is 12.0 Å². The summed E-state index contributed by atoms with van der Waals surface area (Å²) < 4.78 is 1.99. The largest absolute Gasteiger partial charge is 0.356 e. The van der Waals surface area contributed by atoms with Gasteiger partial charge in [-0.1, -0.05) is 51.1 Å². The summed E-state index contributed by atoms with van der Waals surface area (Å²) >= 11 is 0. The van der Waals surface area contributed by atoms with Crippen LogP contribution in [0, 0.1) is 6.92 Å². The van der Waals surface area contributed by atoms with Crippen molar-refractivity contribution in [3.63, 3.8) is 0 Å². The first-order valence-electron chi connectivity index (χ1n) is 11.1. The molecule has 0 saturated carbocycles. The van der Waals surface area contributed by atoms with Gasteiger partial charge in [0.1, 0.15) is 12.4 Å². The van der Waals surface area contributed by atoms with E-state index in [0.29, 0.717) is 12.6 Å². The maximum absolute atomic E-state index is 4.83. The third-order valence-corrected chi connectivity index (χ3v) is 6.22. The van der Waals surface area contributed by atoms with Crippen molar-refractivity contribution in [2.75, 3.05) is 26.2 Å². The molecule has 0 aliphatic carbocycles. The molecule has 3 rings (SSSR count). The fourth-order valence-electron chi connectivity index (χ4n) is 3.97. The number of aliphatic imine (C=N–C) groups is 1. The molecule has 0 bridgehead atoms. The van der Waals surface area contributed by atoms with Crippen LogP contribution < -0.4 is 10.6 Å². The molecule has 1 fully saturated rings. The number of hydrogen-bond acceptors (Lipinski definition) is 4. The van der Waals surface area contributed by atoms with Crippen LogP contribution in [0.15, 0.2) is 35.3 Å². The molecule has 2 N–H and O–H groups in total. The Morgan fingerprint density at radius 1 is 1.19 bits per heavy atom. The molecular weight excluding hydrogens is 501 g/mol. The Hall–Kier alpha value is -1.68. The van der Waals surface area contributed by atoms with Gasteiger partial charge < -0.3 is 15.2 Å². The van der Waals surface area contributed by atoms with E-state index < -0.39 is 0 Å². The van der Waals surface area contributed by atoms with Gasteiger partial charge in [0, 0.05) is 31.6 Å². The summed E-state index contributed by atoms with van der Waals surface area (Å²) in [6.45, 7) is 13.2.